The topological polar surface area (TPSA) is 55.0 Å². The van der Waals surface area contributed by atoms with Crippen molar-refractivity contribution in [3.8, 4) is 0 Å². The van der Waals surface area contributed by atoms with E-state index in [9.17, 15) is 0 Å². The normalized spacial score (nSPS) is 16.8. The largest absolute Gasteiger partial charge is 0.378 e. The molecule has 24 heavy (non-hydrogen) atoms. The average Bonchev–Trinajstić information content (AvgIpc) is 2.60. The van der Waals surface area contributed by atoms with Crippen molar-refractivity contribution in [2.24, 2.45) is 0 Å². The maximum Gasteiger partial charge on any atom is 0.0701 e. The van der Waals surface area contributed by atoms with E-state index in [1.54, 1.807) is 11.9 Å². The van der Waals surface area contributed by atoms with Crippen LogP contribution in [0.4, 0.5) is 0 Å². The van der Waals surface area contributed by atoms with Crippen molar-refractivity contribution in [2.45, 2.75) is 32.2 Å². The van der Waals surface area contributed by atoms with Crippen LogP contribution in [0.3, 0.4) is 0 Å². The molecule has 1 rings (SSSR count). The number of nitrogens with one attached hydrogen (secondary N) is 2. The minimum atomic E-state index is 0.646. The van der Waals surface area contributed by atoms with Crippen LogP contribution in [0.15, 0.2) is 0 Å². The molecule has 0 atom stereocenters. The van der Waals surface area contributed by atoms with Gasteiger partial charge in [0.1, 0.15) is 0 Å². The molecule has 0 radical (unpaired) electrons. The Morgan fingerprint density at radius 1 is 0.917 bits per heavy atom. The lowest BCUT2D eigenvalue weighted by molar-refractivity contribution is 0.01000. The number of hydrogen-bond acceptors (Lipinski definition) is 7. The minimum absolute atomic E-state index is 0.646. The summed E-state index contributed by atoms with van der Waals surface area (Å²) in [7, 11) is 0. The molecule has 1 aliphatic heterocycles. The molecule has 7 heteroatoms. The van der Waals surface area contributed by atoms with Crippen LogP contribution in [0.2, 0.25) is 0 Å². The highest BCUT2D eigenvalue weighted by Crippen LogP contribution is 2.11. The molecule has 0 amide bonds. The third-order valence-electron chi connectivity index (χ3n) is 4.02. The highest BCUT2D eigenvalue weighted by Gasteiger charge is 2.17. The summed E-state index contributed by atoms with van der Waals surface area (Å²) in [4.78, 5) is 2.49. The first-order valence-corrected chi connectivity index (χ1v) is 10.5. The van der Waals surface area contributed by atoms with Crippen LogP contribution < -0.4 is 10.0 Å². The zero-order chi connectivity index (χ0) is 17.3. The van der Waals surface area contributed by atoms with Crippen LogP contribution in [0.25, 0.3) is 0 Å². The van der Waals surface area contributed by atoms with Gasteiger partial charge in [-0.25, -0.2) is 0 Å². The van der Waals surface area contributed by atoms with E-state index in [0.717, 1.165) is 39.3 Å². The van der Waals surface area contributed by atoms with E-state index >= 15 is 0 Å². The van der Waals surface area contributed by atoms with Crippen LogP contribution in [0.1, 0.15) is 26.2 Å². The minimum Gasteiger partial charge on any atom is -0.378 e. The molecule has 0 aromatic heterocycles. The van der Waals surface area contributed by atoms with Crippen molar-refractivity contribution in [1.82, 2.24) is 14.9 Å². The van der Waals surface area contributed by atoms with Gasteiger partial charge < -0.3 is 24.4 Å². The van der Waals surface area contributed by atoms with Crippen LogP contribution in [-0.2, 0) is 14.2 Å². The van der Waals surface area contributed by atoms with Gasteiger partial charge in [-0.1, -0.05) is 18.9 Å². The molecule has 0 aromatic carbocycles. The fourth-order valence-corrected chi connectivity index (χ4v) is 3.19. The Hall–Kier alpha value is 0.110. The summed E-state index contributed by atoms with van der Waals surface area (Å²) in [6, 6.07) is 0.676. The van der Waals surface area contributed by atoms with E-state index < -0.39 is 0 Å². The molecule has 1 heterocycles. The Labute approximate surface area is 152 Å². The van der Waals surface area contributed by atoms with E-state index in [1.807, 2.05) is 0 Å². The zero-order valence-electron chi connectivity index (χ0n) is 15.6. The lowest BCUT2D eigenvalue weighted by atomic mass is 10.1. The van der Waals surface area contributed by atoms with Crippen LogP contribution >= 0.6 is 11.9 Å². The predicted octanol–water partition coefficient (Wildman–Crippen LogP) is 1.37. The second kappa shape index (κ2) is 16.6. The molecule has 0 spiro atoms. The molecular formula is C17H37N3O3S. The molecule has 0 unspecified atom stereocenters. The SMILES string of the molecule is CCCNCCOCCOCCOCCN1CCC(NSC)CC1. The lowest BCUT2D eigenvalue weighted by Gasteiger charge is -2.31. The fraction of sp³-hybridized carbons (Fsp3) is 1.00. The van der Waals surface area contributed by atoms with Gasteiger partial charge >= 0.3 is 0 Å². The first-order chi connectivity index (χ1) is 11.9. The molecule has 6 nitrogen and oxygen atoms in total. The van der Waals surface area contributed by atoms with E-state index in [4.69, 9.17) is 14.2 Å². The number of nitrogens with zero attached hydrogens (tertiary/aromatic N) is 1. The van der Waals surface area contributed by atoms with Crippen molar-refractivity contribution >= 4 is 11.9 Å². The molecule has 0 saturated carbocycles. The van der Waals surface area contributed by atoms with Crippen molar-refractivity contribution < 1.29 is 14.2 Å². The molecule has 0 bridgehead atoms. The molecule has 1 saturated heterocycles. The Bertz CT molecular complexity index is 267. The quantitative estimate of drug-likeness (QED) is 0.317. The van der Waals surface area contributed by atoms with Crippen molar-refractivity contribution in [3.63, 3.8) is 0 Å². The first-order valence-electron chi connectivity index (χ1n) is 9.31. The number of rotatable bonds is 16. The highest BCUT2D eigenvalue weighted by molar-refractivity contribution is 7.96. The van der Waals surface area contributed by atoms with Gasteiger partial charge in [0, 0.05) is 19.1 Å². The van der Waals surface area contributed by atoms with Crippen LogP contribution in [-0.4, -0.2) is 89.6 Å². The summed E-state index contributed by atoms with van der Waals surface area (Å²) in [5.41, 5.74) is 0. The molecule has 0 aromatic rings. The Kier molecular flexibility index (Phi) is 15.3. The van der Waals surface area contributed by atoms with Gasteiger partial charge in [0.15, 0.2) is 0 Å². The summed E-state index contributed by atoms with van der Waals surface area (Å²) in [5, 5.41) is 3.30. The summed E-state index contributed by atoms with van der Waals surface area (Å²) in [6.07, 6.45) is 5.73. The van der Waals surface area contributed by atoms with Crippen molar-refractivity contribution in [1.29, 1.82) is 0 Å². The monoisotopic (exact) mass is 363 g/mol. The number of hydrogen-bond donors (Lipinski definition) is 2. The Morgan fingerprint density at radius 2 is 1.54 bits per heavy atom. The van der Waals surface area contributed by atoms with Gasteiger partial charge in [-0.05, 0) is 45.2 Å². The summed E-state index contributed by atoms with van der Waals surface area (Å²) in [5.74, 6) is 0. The van der Waals surface area contributed by atoms with E-state index in [-0.39, 0.29) is 0 Å². The third kappa shape index (κ3) is 12.5. The van der Waals surface area contributed by atoms with Gasteiger partial charge in [0.2, 0.25) is 0 Å². The van der Waals surface area contributed by atoms with E-state index in [2.05, 4.69) is 28.1 Å². The molecule has 1 fully saturated rings. The van der Waals surface area contributed by atoms with E-state index in [1.165, 1.54) is 25.9 Å². The maximum atomic E-state index is 5.65. The smallest absolute Gasteiger partial charge is 0.0701 e. The summed E-state index contributed by atoms with van der Waals surface area (Å²) >= 11 is 1.73. The highest BCUT2D eigenvalue weighted by atomic mass is 32.2. The first kappa shape index (κ1) is 22.2. The second-order valence-corrected chi connectivity index (χ2v) is 6.67. The van der Waals surface area contributed by atoms with Gasteiger partial charge in [-0.3, -0.25) is 4.72 Å². The number of ether oxygens (including phenoxy) is 3. The third-order valence-corrected chi connectivity index (χ3v) is 4.59. The van der Waals surface area contributed by atoms with Gasteiger partial charge in [0.25, 0.3) is 0 Å². The average molecular weight is 364 g/mol. The molecule has 1 aliphatic rings. The maximum absolute atomic E-state index is 5.65. The standard InChI is InChI=1S/C17H37N3O3S/c1-3-6-18-7-11-21-13-15-23-16-14-22-12-10-20-8-4-17(5-9-20)19-24-2/h17-19H,3-16H2,1-2H3. The number of likely N-dealkylation sites (tertiary alicyclic amines) is 1. The Morgan fingerprint density at radius 3 is 2.17 bits per heavy atom. The van der Waals surface area contributed by atoms with Gasteiger partial charge in [-0.15, -0.1) is 0 Å². The van der Waals surface area contributed by atoms with Crippen LogP contribution in [0, 0.1) is 0 Å². The van der Waals surface area contributed by atoms with Gasteiger partial charge in [0.05, 0.1) is 39.6 Å². The zero-order valence-corrected chi connectivity index (χ0v) is 16.4. The lowest BCUT2D eigenvalue weighted by Crippen LogP contribution is -2.41. The Balaban J connectivity index is 1.75. The molecule has 2 N–H and O–H groups in total. The predicted molar refractivity (Wildman–Crippen MR) is 102 cm³/mol. The summed E-state index contributed by atoms with van der Waals surface area (Å²) < 4.78 is 20.1. The number of piperidine rings is 1. The molecular weight excluding hydrogens is 326 g/mol. The van der Waals surface area contributed by atoms with Crippen molar-refractivity contribution in [2.75, 3.05) is 78.6 Å². The van der Waals surface area contributed by atoms with Crippen LogP contribution in [0.5, 0.6) is 0 Å². The molecule has 144 valence electrons. The van der Waals surface area contributed by atoms with Gasteiger partial charge in [-0.2, -0.15) is 0 Å². The fourth-order valence-electron chi connectivity index (χ4n) is 2.62. The molecule has 0 aliphatic carbocycles. The second-order valence-electron chi connectivity index (χ2n) is 6.03. The van der Waals surface area contributed by atoms with Crippen molar-refractivity contribution in [3.05, 3.63) is 0 Å². The summed E-state index contributed by atoms with van der Waals surface area (Å²) in [6.45, 7) is 11.7. The van der Waals surface area contributed by atoms with E-state index in [0.29, 0.717) is 32.5 Å².